The molecule has 0 unspecified atom stereocenters. The number of halogens is 2. The van der Waals surface area contributed by atoms with Crippen molar-refractivity contribution in [3.8, 4) is 5.88 Å². The van der Waals surface area contributed by atoms with Gasteiger partial charge in [-0.3, -0.25) is 5.32 Å². The Labute approximate surface area is 140 Å². The van der Waals surface area contributed by atoms with E-state index in [1.165, 1.54) is 0 Å². The minimum Gasteiger partial charge on any atom is -0.391 e. The molecule has 1 heterocycles. The maximum Gasteiger partial charge on any atom is 0.418 e. The highest BCUT2D eigenvalue weighted by Gasteiger charge is 2.18. The summed E-state index contributed by atoms with van der Waals surface area (Å²) in [6.45, 7) is 0. The Morgan fingerprint density at radius 2 is 1.96 bits per heavy atom. The highest BCUT2D eigenvalue weighted by atomic mass is 35.5. The summed E-state index contributed by atoms with van der Waals surface area (Å²) >= 11 is 12.1. The first-order valence-corrected chi connectivity index (χ1v) is 7.26. The molecule has 3 rings (SSSR count). The Morgan fingerprint density at radius 3 is 2.65 bits per heavy atom. The first kappa shape index (κ1) is 15.3. The van der Waals surface area contributed by atoms with E-state index in [0.717, 1.165) is 0 Å². The van der Waals surface area contributed by atoms with Gasteiger partial charge in [-0.25, -0.2) is 10.3 Å². The van der Waals surface area contributed by atoms with Gasteiger partial charge in [0, 0.05) is 16.1 Å². The SMILES string of the molecule is N=Nc1c(OC(=O)Nc2ccccc2)[nH]c2c(Cl)cc(Cl)cc12. The molecule has 1 amide bonds. The standard InChI is InChI=1S/C15H10Cl2N4O2/c16-8-6-10-12(11(17)7-8)20-14(13(10)21-18)23-15(22)19-9-4-2-1-3-5-9/h1-7,18,20H,(H,19,22). The fourth-order valence-electron chi connectivity index (χ4n) is 2.12. The number of fused-ring (bicyclic) bond motifs is 1. The highest BCUT2D eigenvalue weighted by molar-refractivity contribution is 6.38. The summed E-state index contributed by atoms with van der Waals surface area (Å²) in [5, 5.41) is 7.20. The van der Waals surface area contributed by atoms with Crippen molar-refractivity contribution in [3.63, 3.8) is 0 Å². The molecule has 8 heteroatoms. The summed E-state index contributed by atoms with van der Waals surface area (Å²) in [7, 11) is 0. The van der Waals surface area contributed by atoms with Crippen LogP contribution in [-0.4, -0.2) is 11.1 Å². The minimum atomic E-state index is -0.713. The summed E-state index contributed by atoms with van der Waals surface area (Å²) in [6.07, 6.45) is -0.713. The number of carbonyl (C=O) groups is 1. The number of carbonyl (C=O) groups excluding carboxylic acids is 1. The number of amides is 1. The van der Waals surface area contributed by atoms with Crippen LogP contribution in [0.3, 0.4) is 0 Å². The topological polar surface area (TPSA) is 90.3 Å². The van der Waals surface area contributed by atoms with Gasteiger partial charge in [0.15, 0.2) is 5.69 Å². The summed E-state index contributed by atoms with van der Waals surface area (Å²) in [5.41, 5.74) is 8.52. The summed E-state index contributed by atoms with van der Waals surface area (Å²) in [6, 6.07) is 12.0. The van der Waals surface area contributed by atoms with Crippen LogP contribution in [0.15, 0.2) is 47.6 Å². The normalized spacial score (nSPS) is 10.5. The van der Waals surface area contributed by atoms with Crippen molar-refractivity contribution in [1.82, 2.24) is 4.98 Å². The Kier molecular flexibility index (Phi) is 4.18. The van der Waals surface area contributed by atoms with Gasteiger partial charge in [-0.05, 0) is 24.3 Å². The minimum absolute atomic E-state index is 0.0209. The van der Waals surface area contributed by atoms with Crippen LogP contribution in [-0.2, 0) is 0 Å². The zero-order chi connectivity index (χ0) is 16.4. The van der Waals surface area contributed by atoms with E-state index in [0.29, 0.717) is 26.6 Å². The average molecular weight is 349 g/mol. The third-order valence-electron chi connectivity index (χ3n) is 3.09. The molecule has 3 N–H and O–H groups in total. The molecule has 23 heavy (non-hydrogen) atoms. The maximum absolute atomic E-state index is 12.0. The van der Waals surface area contributed by atoms with Crippen molar-refractivity contribution in [2.75, 3.05) is 5.32 Å². The first-order valence-electron chi connectivity index (χ1n) is 6.50. The maximum atomic E-state index is 12.0. The summed E-state index contributed by atoms with van der Waals surface area (Å²) in [5.74, 6) is 0.0209. The summed E-state index contributed by atoms with van der Waals surface area (Å²) < 4.78 is 5.20. The molecule has 0 saturated carbocycles. The molecule has 0 radical (unpaired) electrons. The highest BCUT2D eigenvalue weighted by Crippen LogP contribution is 2.40. The van der Waals surface area contributed by atoms with Crippen molar-refractivity contribution >= 4 is 51.6 Å². The Bertz CT molecular complexity index is 893. The number of hydrogen-bond acceptors (Lipinski definition) is 4. The van der Waals surface area contributed by atoms with Crippen molar-refractivity contribution in [2.24, 2.45) is 5.11 Å². The third kappa shape index (κ3) is 3.13. The molecule has 6 nitrogen and oxygen atoms in total. The van der Waals surface area contributed by atoms with Gasteiger partial charge in [-0.15, -0.1) is 0 Å². The third-order valence-corrected chi connectivity index (χ3v) is 3.61. The van der Waals surface area contributed by atoms with Crippen LogP contribution < -0.4 is 10.1 Å². The lowest BCUT2D eigenvalue weighted by atomic mass is 10.2. The van der Waals surface area contributed by atoms with Gasteiger partial charge >= 0.3 is 6.09 Å². The lowest BCUT2D eigenvalue weighted by Crippen LogP contribution is -2.16. The quantitative estimate of drug-likeness (QED) is 0.526. The van der Waals surface area contributed by atoms with Crippen LogP contribution in [0.5, 0.6) is 5.88 Å². The number of H-pyrrole nitrogens is 1. The number of rotatable bonds is 3. The van der Waals surface area contributed by atoms with Gasteiger partial charge in [-0.2, -0.15) is 5.11 Å². The zero-order valence-corrected chi connectivity index (χ0v) is 13.1. The fraction of sp³-hybridized carbons (Fsp3) is 0. The summed E-state index contributed by atoms with van der Waals surface area (Å²) in [4.78, 5) is 14.8. The van der Waals surface area contributed by atoms with Crippen molar-refractivity contribution in [2.45, 2.75) is 0 Å². The number of hydrogen-bond donors (Lipinski definition) is 3. The molecule has 0 aliphatic carbocycles. The Morgan fingerprint density at radius 1 is 1.22 bits per heavy atom. The van der Waals surface area contributed by atoms with E-state index in [2.05, 4.69) is 15.4 Å². The largest absolute Gasteiger partial charge is 0.418 e. The number of anilines is 1. The number of aromatic nitrogens is 1. The van der Waals surface area contributed by atoms with Crippen LogP contribution >= 0.6 is 23.2 Å². The average Bonchev–Trinajstić information content (AvgIpc) is 2.85. The fourth-order valence-corrected chi connectivity index (χ4v) is 2.67. The van der Waals surface area contributed by atoms with Crippen LogP contribution in [0.4, 0.5) is 16.2 Å². The van der Waals surface area contributed by atoms with Crippen LogP contribution in [0.2, 0.25) is 10.0 Å². The van der Waals surface area contributed by atoms with Crippen LogP contribution in [0.25, 0.3) is 10.9 Å². The van der Waals surface area contributed by atoms with E-state index in [-0.39, 0.29) is 11.6 Å². The number of benzene rings is 2. The van der Waals surface area contributed by atoms with Gasteiger partial charge in [0.05, 0.1) is 10.5 Å². The monoisotopic (exact) mass is 348 g/mol. The van der Waals surface area contributed by atoms with E-state index in [1.807, 2.05) is 6.07 Å². The van der Waals surface area contributed by atoms with Crippen molar-refractivity contribution in [3.05, 3.63) is 52.5 Å². The number of para-hydroxylation sites is 1. The van der Waals surface area contributed by atoms with E-state index < -0.39 is 6.09 Å². The second-order valence-electron chi connectivity index (χ2n) is 4.61. The van der Waals surface area contributed by atoms with Crippen LogP contribution in [0.1, 0.15) is 0 Å². The number of ether oxygens (including phenoxy) is 1. The molecule has 116 valence electrons. The molecule has 0 fully saturated rings. The molecule has 0 saturated heterocycles. The van der Waals surface area contributed by atoms with E-state index in [4.69, 9.17) is 33.5 Å². The van der Waals surface area contributed by atoms with Crippen molar-refractivity contribution < 1.29 is 9.53 Å². The molecule has 0 spiro atoms. The van der Waals surface area contributed by atoms with E-state index in [1.54, 1.807) is 36.4 Å². The molecule has 2 aromatic carbocycles. The number of aromatic amines is 1. The van der Waals surface area contributed by atoms with E-state index >= 15 is 0 Å². The molecule has 0 atom stereocenters. The molecule has 3 aromatic rings. The number of nitrogens with one attached hydrogen (secondary N) is 3. The smallest absolute Gasteiger partial charge is 0.391 e. The molecular weight excluding hydrogens is 339 g/mol. The lowest BCUT2D eigenvalue weighted by molar-refractivity contribution is 0.214. The zero-order valence-electron chi connectivity index (χ0n) is 11.6. The van der Waals surface area contributed by atoms with Crippen LogP contribution in [0, 0.1) is 5.53 Å². The van der Waals surface area contributed by atoms with Gasteiger partial charge < -0.3 is 9.72 Å². The molecule has 0 aliphatic rings. The number of nitrogens with zero attached hydrogens (tertiary/aromatic N) is 1. The lowest BCUT2D eigenvalue weighted by Gasteiger charge is -2.05. The van der Waals surface area contributed by atoms with Gasteiger partial charge in [0.25, 0.3) is 0 Å². The Hall–Kier alpha value is -2.57. The molecule has 0 aliphatic heterocycles. The van der Waals surface area contributed by atoms with Crippen molar-refractivity contribution in [1.29, 1.82) is 5.53 Å². The van der Waals surface area contributed by atoms with Gasteiger partial charge in [-0.1, -0.05) is 41.4 Å². The second-order valence-corrected chi connectivity index (χ2v) is 5.45. The first-order chi connectivity index (χ1) is 11.1. The van der Waals surface area contributed by atoms with Gasteiger partial charge in [0.1, 0.15) is 0 Å². The predicted molar refractivity (Wildman–Crippen MR) is 89.2 cm³/mol. The molecule has 0 bridgehead atoms. The predicted octanol–water partition coefficient (Wildman–Crippen LogP) is 5.75. The molecule has 1 aromatic heterocycles. The Balaban J connectivity index is 1.92. The molecular formula is C15H10Cl2N4O2. The second kappa shape index (κ2) is 6.28. The van der Waals surface area contributed by atoms with E-state index in [9.17, 15) is 4.79 Å². The van der Waals surface area contributed by atoms with Gasteiger partial charge in [0.2, 0.25) is 5.88 Å².